The molecule has 0 bridgehead atoms. The van der Waals surface area contributed by atoms with E-state index in [0.717, 1.165) is 11.3 Å². The SMILES string of the molecule is Cc1ccccc1N(C)c1ncc(C(=O)O)cc1N. The van der Waals surface area contributed by atoms with Crippen LogP contribution in [0, 0.1) is 6.92 Å². The number of nitrogen functional groups attached to an aromatic ring is 1. The summed E-state index contributed by atoms with van der Waals surface area (Å²) in [5, 5.41) is 8.89. The van der Waals surface area contributed by atoms with Crippen LogP contribution in [0.2, 0.25) is 0 Å². The molecule has 1 aromatic heterocycles. The maximum Gasteiger partial charge on any atom is 0.337 e. The summed E-state index contributed by atoms with van der Waals surface area (Å²) in [5.41, 5.74) is 8.37. The lowest BCUT2D eigenvalue weighted by Gasteiger charge is -2.21. The number of aromatic nitrogens is 1. The number of aromatic carboxylic acids is 1. The van der Waals surface area contributed by atoms with Crippen LogP contribution in [-0.2, 0) is 0 Å². The van der Waals surface area contributed by atoms with Gasteiger partial charge >= 0.3 is 5.97 Å². The Hall–Kier alpha value is -2.56. The number of pyridine rings is 1. The van der Waals surface area contributed by atoms with Crippen molar-refractivity contribution < 1.29 is 9.90 Å². The first-order chi connectivity index (χ1) is 9.00. The van der Waals surface area contributed by atoms with Gasteiger partial charge in [0.05, 0.1) is 11.3 Å². The number of anilines is 3. The van der Waals surface area contributed by atoms with Gasteiger partial charge in [-0.25, -0.2) is 9.78 Å². The minimum atomic E-state index is -1.04. The predicted molar refractivity (Wildman–Crippen MR) is 74.9 cm³/mol. The third-order valence-electron chi connectivity index (χ3n) is 2.94. The van der Waals surface area contributed by atoms with Crippen molar-refractivity contribution >= 4 is 23.2 Å². The monoisotopic (exact) mass is 257 g/mol. The Kier molecular flexibility index (Phi) is 3.37. The van der Waals surface area contributed by atoms with E-state index >= 15 is 0 Å². The molecule has 0 fully saturated rings. The predicted octanol–water partition coefficient (Wildman–Crippen LogP) is 2.44. The fraction of sp³-hybridized carbons (Fsp3) is 0.143. The van der Waals surface area contributed by atoms with Crippen LogP contribution in [0.1, 0.15) is 15.9 Å². The molecule has 0 atom stereocenters. The van der Waals surface area contributed by atoms with Crippen LogP contribution in [-0.4, -0.2) is 23.1 Å². The Balaban J connectivity index is 2.42. The van der Waals surface area contributed by atoms with E-state index in [9.17, 15) is 4.79 Å². The normalized spacial score (nSPS) is 10.2. The van der Waals surface area contributed by atoms with E-state index < -0.39 is 5.97 Å². The lowest BCUT2D eigenvalue weighted by atomic mass is 10.2. The highest BCUT2D eigenvalue weighted by atomic mass is 16.4. The molecule has 5 heteroatoms. The largest absolute Gasteiger partial charge is 0.478 e. The molecule has 1 heterocycles. The molecule has 19 heavy (non-hydrogen) atoms. The average Bonchev–Trinajstić information content (AvgIpc) is 2.38. The summed E-state index contributed by atoms with van der Waals surface area (Å²) in [7, 11) is 1.85. The zero-order valence-corrected chi connectivity index (χ0v) is 10.8. The van der Waals surface area contributed by atoms with Gasteiger partial charge in [0.1, 0.15) is 0 Å². The van der Waals surface area contributed by atoms with Crippen LogP contribution in [0.5, 0.6) is 0 Å². The number of benzene rings is 1. The van der Waals surface area contributed by atoms with Gasteiger partial charge in [-0.1, -0.05) is 18.2 Å². The maximum absolute atomic E-state index is 10.8. The number of carboxylic acids is 1. The Morgan fingerprint density at radius 3 is 2.63 bits per heavy atom. The molecular weight excluding hydrogens is 242 g/mol. The Morgan fingerprint density at radius 1 is 1.37 bits per heavy atom. The lowest BCUT2D eigenvalue weighted by Crippen LogP contribution is -2.15. The molecule has 0 aliphatic carbocycles. The average molecular weight is 257 g/mol. The summed E-state index contributed by atoms with van der Waals surface area (Å²) < 4.78 is 0. The molecule has 0 unspecified atom stereocenters. The highest BCUT2D eigenvalue weighted by Gasteiger charge is 2.13. The van der Waals surface area contributed by atoms with E-state index in [1.807, 2.05) is 43.1 Å². The van der Waals surface area contributed by atoms with Crippen LogP contribution in [0.4, 0.5) is 17.2 Å². The number of hydrogen-bond acceptors (Lipinski definition) is 4. The van der Waals surface area contributed by atoms with Crippen molar-refractivity contribution in [2.75, 3.05) is 17.7 Å². The molecule has 0 saturated carbocycles. The van der Waals surface area contributed by atoms with Gasteiger partial charge in [0, 0.05) is 18.9 Å². The number of rotatable bonds is 3. The Labute approximate surface area is 111 Å². The number of carboxylic acid groups (broad SMARTS) is 1. The zero-order valence-electron chi connectivity index (χ0n) is 10.8. The number of nitrogens with two attached hydrogens (primary N) is 1. The van der Waals surface area contributed by atoms with Gasteiger partial charge in [-0.15, -0.1) is 0 Å². The van der Waals surface area contributed by atoms with Gasteiger partial charge < -0.3 is 15.7 Å². The maximum atomic E-state index is 10.8. The minimum absolute atomic E-state index is 0.0828. The van der Waals surface area contributed by atoms with E-state index in [-0.39, 0.29) is 5.56 Å². The summed E-state index contributed by atoms with van der Waals surface area (Å²) in [6.45, 7) is 1.99. The van der Waals surface area contributed by atoms with E-state index in [4.69, 9.17) is 10.8 Å². The number of hydrogen-bond donors (Lipinski definition) is 2. The van der Waals surface area contributed by atoms with Crippen LogP contribution in [0.25, 0.3) is 0 Å². The van der Waals surface area contributed by atoms with Gasteiger partial charge in [0.2, 0.25) is 0 Å². The summed E-state index contributed by atoms with van der Waals surface area (Å²) >= 11 is 0. The molecule has 2 aromatic rings. The molecule has 3 N–H and O–H groups in total. The highest BCUT2D eigenvalue weighted by molar-refractivity contribution is 5.89. The summed E-state index contributed by atoms with van der Waals surface area (Å²) in [4.78, 5) is 16.8. The van der Waals surface area contributed by atoms with Crippen molar-refractivity contribution in [2.45, 2.75) is 6.92 Å². The van der Waals surface area contributed by atoms with Crippen molar-refractivity contribution in [3.8, 4) is 0 Å². The molecule has 0 amide bonds. The second-order valence-corrected chi connectivity index (χ2v) is 4.29. The number of aryl methyl sites for hydroxylation is 1. The van der Waals surface area contributed by atoms with Crippen molar-refractivity contribution in [3.63, 3.8) is 0 Å². The smallest absolute Gasteiger partial charge is 0.337 e. The van der Waals surface area contributed by atoms with E-state index in [2.05, 4.69) is 4.98 Å². The fourth-order valence-corrected chi connectivity index (χ4v) is 1.93. The van der Waals surface area contributed by atoms with Crippen LogP contribution in [0.15, 0.2) is 36.5 Å². The van der Waals surface area contributed by atoms with Crippen LogP contribution in [0.3, 0.4) is 0 Å². The van der Waals surface area contributed by atoms with Gasteiger partial charge in [-0.3, -0.25) is 0 Å². The third kappa shape index (κ3) is 2.49. The molecule has 0 spiro atoms. The van der Waals surface area contributed by atoms with Gasteiger partial charge in [0.25, 0.3) is 0 Å². The van der Waals surface area contributed by atoms with Crippen molar-refractivity contribution in [2.24, 2.45) is 0 Å². The molecule has 0 aliphatic heterocycles. The van der Waals surface area contributed by atoms with Crippen LogP contribution < -0.4 is 10.6 Å². The summed E-state index contributed by atoms with van der Waals surface area (Å²) in [5.74, 6) is -0.497. The molecule has 0 saturated heterocycles. The molecule has 0 radical (unpaired) electrons. The second kappa shape index (κ2) is 4.97. The summed E-state index contributed by atoms with van der Waals surface area (Å²) in [6, 6.07) is 9.26. The van der Waals surface area contributed by atoms with E-state index in [1.54, 1.807) is 0 Å². The Morgan fingerprint density at radius 2 is 2.05 bits per heavy atom. The van der Waals surface area contributed by atoms with Gasteiger partial charge in [0.15, 0.2) is 5.82 Å². The number of nitrogens with zero attached hydrogens (tertiary/aromatic N) is 2. The number of carbonyl (C=O) groups is 1. The summed E-state index contributed by atoms with van der Waals surface area (Å²) in [6.07, 6.45) is 1.31. The molecule has 2 rings (SSSR count). The Bertz CT molecular complexity index is 626. The highest BCUT2D eigenvalue weighted by Crippen LogP contribution is 2.29. The van der Waals surface area contributed by atoms with E-state index in [0.29, 0.717) is 11.5 Å². The lowest BCUT2D eigenvalue weighted by molar-refractivity contribution is 0.0696. The first-order valence-corrected chi connectivity index (χ1v) is 5.79. The standard InChI is InChI=1S/C14H15N3O2/c1-9-5-3-4-6-12(9)17(2)13-11(15)7-10(8-16-13)14(18)19/h3-8H,15H2,1-2H3,(H,18,19). The molecule has 98 valence electrons. The molecule has 5 nitrogen and oxygen atoms in total. The van der Waals surface area contributed by atoms with Gasteiger partial charge in [-0.05, 0) is 24.6 Å². The topological polar surface area (TPSA) is 79.5 Å². The third-order valence-corrected chi connectivity index (χ3v) is 2.94. The first kappa shape index (κ1) is 12.9. The van der Waals surface area contributed by atoms with Gasteiger partial charge in [-0.2, -0.15) is 0 Å². The van der Waals surface area contributed by atoms with Crippen molar-refractivity contribution in [3.05, 3.63) is 47.7 Å². The number of para-hydroxylation sites is 1. The van der Waals surface area contributed by atoms with E-state index in [1.165, 1.54) is 12.3 Å². The van der Waals surface area contributed by atoms with Crippen molar-refractivity contribution in [1.29, 1.82) is 0 Å². The van der Waals surface area contributed by atoms with Crippen molar-refractivity contribution in [1.82, 2.24) is 4.98 Å². The molecule has 0 aliphatic rings. The quantitative estimate of drug-likeness (QED) is 0.882. The molecular formula is C14H15N3O2. The fourth-order valence-electron chi connectivity index (χ4n) is 1.93. The second-order valence-electron chi connectivity index (χ2n) is 4.29. The van der Waals surface area contributed by atoms with Crippen LogP contribution >= 0.6 is 0 Å². The molecule has 1 aromatic carbocycles. The first-order valence-electron chi connectivity index (χ1n) is 5.79. The zero-order chi connectivity index (χ0) is 14.0. The minimum Gasteiger partial charge on any atom is -0.478 e.